The van der Waals surface area contributed by atoms with Crippen molar-refractivity contribution in [1.29, 1.82) is 0 Å². The van der Waals surface area contributed by atoms with Gasteiger partial charge < -0.3 is 10.1 Å². The van der Waals surface area contributed by atoms with Gasteiger partial charge in [0.1, 0.15) is 0 Å². The summed E-state index contributed by atoms with van der Waals surface area (Å²) in [5.41, 5.74) is 4.49. The Morgan fingerprint density at radius 2 is 2.18 bits per heavy atom. The second kappa shape index (κ2) is 3.69. The van der Waals surface area contributed by atoms with Crippen molar-refractivity contribution in [2.45, 2.75) is 37.5 Å². The van der Waals surface area contributed by atoms with Gasteiger partial charge in [-0.2, -0.15) is 0 Å². The van der Waals surface area contributed by atoms with Crippen LogP contribution in [0.15, 0.2) is 35.9 Å². The highest BCUT2D eigenvalue weighted by molar-refractivity contribution is 5.39. The second-order valence-electron chi connectivity index (χ2n) is 5.27. The third-order valence-electron chi connectivity index (χ3n) is 4.42. The highest BCUT2D eigenvalue weighted by Crippen LogP contribution is 2.42. The number of benzene rings is 1. The lowest BCUT2D eigenvalue weighted by Gasteiger charge is -2.40. The fourth-order valence-corrected chi connectivity index (χ4v) is 3.61. The maximum absolute atomic E-state index is 6.03. The Hall–Kier alpha value is -1.12. The number of nitrogens with one attached hydrogen (secondary N) is 1. The first-order chi connectivity index (χ1) is 8.43. The molecule has 88 valence electrons. The molecule has 2 heterocycles. The van der Waals surface area contributed by atoms with Gasteiger partial charge in [0, 0.05) is 12.0 Å². The molecule has 0 amide bonds. The fraction of sp³-hybridized carbons (Fsp3) is 0.467. The van der Waals surface area contributed by atoms with Crippen molar-refractivity contribution in [2.75, 3.05) is 6.54 Å². The molecule has 17 heavy (non-hydrogen) atoms. The molecular formula is C15H17NO. The van der Waals surface area contributed by atoms with E-state index in [9.17, 15) is 0 Å². The topological polar surface area (TPSA) is 21.3 Å². The zero-order valence-electron chi connectivity index (χ0n) is 9.86. The number of ether oxygens (including phenoxy) is 1. The van der Waals surface area contributed by atoms with Crippen molar-refractivity contribution in [2.24, 2.45) is 0 Å². The normalized spacial score (nSPS) is 34.6. The van der Waals surface area contributed by atoms with Crippen molar-refractivity contribution in [3.05, 3.63) is 47.0 Å². The number of fused-ring (bicyclic) bond motifs is 5. The molecule has 0 unspecified atom stereocenters. The van der Waals surface area contributed by atoms with Crippen molar-refractivity contribution < 1.29 is 4.74 Å². The monoisotopic (exact) mass is 227 g/mol. The van der Waals surface area contributed by atoms with Gasteiger partial charge in [-0.3, -0.25) is 0 Å². The van der Waals surface area contributed by atoms with Crippen molar-refractivity contribution in [1.82, 2.24) is 5.32 Å². The average molecular weight is 227 g/mol. The van der Waals surface area contributed by atoms with Gasteiger partial charge >= 0.3 is 0 Å². The van der Waals surface area contributed by atoms with E-state index in [1.807, 2.05) is 0 Å². The molecule has 2 nitrogen and oxygen atoms in total. The zero-order valence-corrected chi connectivity index (χ0v) is 9.86. The maximum Gasteiger partial charge on any atom is 0.0723 e. The molecule has 0 bridgehead atoms. The molecule has 0 spiro atoms. The van der Waals surface area contributed by atoms with Gasteiger partial charge in [-0.15, -0.1) is 0 Å². The first-order valence-electron chi connectivity index (χ1n) is 6.55. The number of rotatable bonds is 0. The summed E-state index contributed by atoms with van der Waals surface area (Å²) in [6.45, 7) is 1.91. The van der Waals surface area contributed by atoms with Crippen LogP contribution in [0.4, 0.5) is 0 Å². The Balaban J connectivity index is 1.82. The van der Waals surface area contributed by atoms with Crippen LogP contribution in [0.25, 0.3) is 0 Å². The number of hydrogen-bond acceptors (Lipinski definition) is 2. The minimum absolute atomic E-state index is 0.379. The standard InChI is InChI=1S/C15H17NO/c1-2-4-12-11(3-1)9-17-13-6-5-10-7-8-16-15(10)14(12)13/h1-5,13-16H,6-9H2/t13-,14-,15-/m1/s1. The molecular weight excluding hydrogens is 210 g/mol. The fourth-order valence-electron chi connectivity index (χ4n) is 3.61. The van der Waals surface area contributed by atoms with Gasteiger partial charge in [-0.25, -0.2) is 0 Å². The summed E-state index contributed by atoms with van der Waals surface area (Å²) in [7, 11) is 0. The van der Waals surface area contributed by atoms with Crippen molar-refractivity contribution in [3.63, 3.8) is 0 Å². The van der Waals surface area contributed by atoms with Crippen LogP contribution in [0.5, 0.6) is 0 Å². The van der Waals surface area contributed by atoms with Gasteiger partial charge in [0.05, 0.1) is 12.7 Å². The molecule has 1 N–H and O–H groups in total. The van der Waals surface area contributed by atoms with E-state index < -0.39 is 0 Å². The maximum atomic E-state index is 6.03. The lowest BCUT2D eigenvalue weighted by atomic mass is 9.75. The summed E-state index contributed by atoms with van der Waals surface area (Å²) in [4.78, 5) is 0. The minimum Gasteiger partial charge on any atom is -0.372 e. The molecule has 1 aromatic rings. The summed E-state index contributed by atoms with van der Waals surface area (Å²) in [5, 5.41) is 3.65. The van der Waals surface area contributed by atoms with Crippen molar-refractivity contribution in [3.8, 4) is 0 Å². The zero-order chi connectivity index (χ0) is 11.2. The van der Waals surface area contributed by atoms with Gasteiger partial charge in [0.15, 0.2) is 0 Å². The van der Waals surface area contributed by atoms with Crippen LogP contribution in [0.2, 0.25) is 0 Å². The van der Waals surface area contributed by atoms with E-state index in [1.165, 1.54) is 17.5 Å². The molecule has 1 saturated heterocycles. The van der Waals surface area contributed by atoms with Gasteiger partial charge in [0.25, 0.3) is 0 Å². The first-order valence-corrected chi connectivity index (χ1v) is 6.55. The first kappa shape index (κ1) is 9.86. The smallest absolute Gasteiger partial charge is 0.0723 e. The van der Waals surface area contributed by atoms with E-state index in [2.05, 4.69) is 35.7 Å². The van der Waals surface area contributed by atoms with Crippen LogP contribution in [-0.2, 0) is 11.3 Å². The second-order valence-corrected chi connectivity index (χ2v) is 5.27. The average Bonchev–Trinajstić information content (AvgIpc) is 2.86. The lowest BCUT2D eigenvalue weighted by molar-refractivity contribution is 0.00101. The van der Waals surface area contributed by atoms with Crippen LogP contribution in [0, 0.1) is 0 Å². The Bertz CT molecular complexity index is 480. The Kier molecular flexibility index (Phi) is 2.14. The Labute approximate surface area is 102 Å². The van der Waals surface area contributed by atoms with Crippen LogP contribution >= 0.6 is 0 Å². The Morgan fingerprint density at radius 3 is 3.18 bits per heavy atom. The highest BCUT2D eigenvalue weighted by atomic mass is 16.5. The summed E-state index contributed by atoms with van der Waals surface area (Å²) < 4.78 is 6.03. The molecule has 0 saturated carbocycles. The summed E-state index contributed by atoms with van der Waals surface area (Å²) in [5.74, 6) is 0.530. The van der Waals surface area contributed by atoms with Crippen LogP contribution in [0.3, 0.4) is 0 Å². The predicted octanol–water partition coefficient (Wildman–Crippen LogP) is 2.36. The highest BCUT2D eigenvalue weighted by Gasteiger charge is 2.41. The molecule has 0 aromatic heterocycles. The largest absolute Gasteiger partial charge is 0.372 e. The van der Waals surface area contributed by atoms with Gasteiger partial charge in [-0.05, 0) is 30.5 Å². The van der Waals surface area contributed by atoms with E-state index in [4.69, 9.17) is 4.74 Å². The predicted molar refractivity (Wildman–Crippen MR) is 66.9 cm³/mol. The Morgan fingerprint density at radius 1 is 1.24 bits per heavy atom. The number of hydrogen-bond donors (Lipinski definition) is 1. The molecule has 0 radical (unpaired) electrons. The third kappa shape index (κ3) is 1.41. The van der Waals surface area contributed by atoms with E-state index >= 15 is 0 Å². The SMILES string of the molecule is C1=C2CCN[C@H]2[C@@H]2c3ccccc3CO[C@@H]2C1. The van der Waals surface area contributed by atoms with Crippen molar-refractivity contribution >= 4 is 0 Å². The summed E-state index contributed by atoms with van der Waals surface area (Å²) in [6, 6.07) is 9.30. The van der Waals surface area contributed by atoms with E-state index in [1.54, 1.807) is 5.57 Å². The molecule has 3 atom stereocenters. The molecule has 1 aliphatic carbocycles. The summed E-state index contributed by atoms with van der Waals surface area (Å²) >= 11 is 0. The third-order valence-corrected chi connectivity index (χ3v) is 4.42. The van der Waals surface area contributed by atoms with Crippen LogP contribution in [-0.4, -0.2) is 18.7 Å². The summed E-state index contributed by atoms with van der Waals surface area (Å²) in [6.07, 6.45) is 5.09. The molecule has 1 aromatic carbocycles. The lowest BCUT2D eigenvalue weighted by Crippen LogP contribution is -2.43. The minimum atomic E-state index is 0.379. The quantitative estimate of drug-likeness (QED) is 0.687. The molecule has 2 heteroatoms. The van der Waals surface area contributed by atoms with E-state index in [0.29, 0.717) is 18.1 Å². The molecule has 4 rings (SSSR count). The van der Waals surface area contributed by atoms with Gasteiger partial charge in [-0.1, -0.05) is 35.9 Å². The van der Waals surface area contributed by atoms with Crippen LogP contribution in [0.1, 0.15) is 29.9 Å². The van der Waals surface area contributed by atoms with E-state index in [-0.39, 0.29) is 0 Å². The molecule has 2 aliphatic heterocycles. The molecule has 3 aliphatic rings. The molecule has 1 fully saturated rings. The van der Waals surface area contributed by atoms with Crippen LogP contribution < -0.4 is 5.32 Å². The van der Waals surface area contributed by atoms with Gasteiger partial charge in [0.2, 0.25) is 0 Å². The van der Waals surface area contributed by atoms with E-state index in [0.717, 1.165) is 19.6 Å².